The SMILES string of the molecule is CC(C)=CCN(c1ccc(CCC(C)(C)C)cc1)C1CCCN(CC(N)CC(C)C)C1. The molecule has 1 fully saturated rings. The second-order valence-corrected chi connectivity index (χ2v) is 11.6. The predicted molar refractivity (Wildman–Crippen MR) is 138 cm³/mol. The number of benzene rings is 1. The van der Waals surface area contributed by atoms with Gasteiger partial charge in [0.05, 0.1) is 0 Å². The van der Waals surface area contributed by atoms with Crippen molar-refractivity contribution in [1.29, 1.82) is 0 Å². The van der Waals surface area contributed by atoms with Gasteiger partial charge in [0.2, 0.25) is 0 Å². The fraction of sp³-hybridized carbons (Fsp3) is 0.714. The topological polar surface area (TPSA) is 32.5 Å². The third-order valence-corrected chi connectivity index (χ3v) is 6.32. The third kappa shape index (κ3) is 9.78. The van der Waals surface area contributed by atoms with Gasteiger partial charge in [-0.3, -0.25) is 4.90 Å². The van der Waals surface area contributed by atoms with Crippen molar-refractivity contribution in [2.24, 2.45) is 17.1 Å². The minimum atomic E-state index is 0.284. The predicted octanol–water partition coefficient (Wildman–Crippen LogP) is 6.28. The van der Waals surface area contributed by atoms with Crippen molar-refractivity contribution in [3.63, 3.8) is 0 Å². The van der Waals surface area contributed by atoms with E-state index in [1.807, 2.05) is 0 Å². The Labute approximate surface area is 193 Å². The molecule has 0 aliphatic carbocycles. The summed E-state index contributed by atoms with van der Waals surface area (Å²) in [5.74, 6) is 0.668. The highest BCUT2D eigenvalue weighted by atomic mass is 15.2. The number of rotatable bonds is 10. The Bertz CT molecular complexity index is 664. The molecule has 2 N–H and O–H groups in total. The maximum absolute atomic E-state index is 6.45. The second kappa shape index (κ2) is 12.1. The molecule has 1 heterocycles. The molecule has 3 heteroatoms. The Morgan fingerprint density at radius 3 is 2.45 bits per heavy atom. The highest BCUT2D eigenvalue weighted by Crippen LogP contribution is 2.26. The molecule has 0 radical (unpaired) electrons. The lowest BCUT2D eigenvalue weighted by Crippen LogP contribution is -2.51. The lowest BCUT2D eigenvalue weighted by atomic mass is 9.88. The molecule has 1 saturated heterocycles. The maximum Gasteiger partial charge on any atom is 0.0421 e. The molecule has 31 heavy (non-hydrogen) atoms. The van der Waals surface area contributed by atoms with Gasteiger partial charge in [-0.2, -0.15) is 0 Å². The largest absolute Gasteiger partial charge is 0.364 e. The maximum atomic E-state index is 6.45. The van der Waals surface area contributed by atoms with Gasteiger partial charge in [-0.25, -0.2) is 0 Å². The molecule has 0 saturated carbocycles. The first-order valence-corrected chi connectivity index (χ1v) is 12.5. The lowest BCUT2D eigenvalue weighted by Gasteiger charge is -2.41. The Balaban J connectivity index is 2.09. The van der Waals surface area contributed by atoms with E-state index in [1.54, 1.807) is 0 Å². The molecule has 1 aliphatic heterocycles. The van der Waals surface area contributed by atoms with Crippen LogP contribution < -0.4 is 10.6 Å². The van der Waals surface area contributed by atoms with Crippen molar-refractivity contribution in [2.75, 3.05) is 31.1 Å². The van der Waals surface area contributed by atoms with E-state index in [0.29, 0.717) is 17.4 Å². The second-order valence-electron chi connectivity index (χ2n) is 11.6. The van der Waals surface area contributed by atoms with Gasteiger partial charge in [0.1, 0.15) is 0 Å². The Kier molecular flexibility index (Phi) is 10.1. The van der Waals surface area contributed by atoms with Crippen LogP contribution in [-0.4, -0.2) is 43.2 Å². The Morgan fingerprint density at radius 2 is 1.87 bits per heavy atom. The number of hydrogen-bond acceptors (Lipinski definition) is 3. The molecular weight excluding hydrogens is 378 g/mol. The van der Waals surface area contributed by atoms with Gasteiger partial charge >= 0.3 is 0 Å². The van der Waals surface area contributed by atoms with Crippen LogP contribution in [0.25, 0.3) is 0 Å². The number of aryl methyl sites for hydroxylation is 1. The molecule has 2 atom stereocenters. The van der Waals surface area contributed by atoms with Crippen molar-refractivity contribution < 1.29 is 0 Å². The normalized spacial score (nSPS) is 18.8. The molecular formula is C28H49N3. The molecule has 2 unspecified atom stereocenters. The summed E-state index contributed by atoms with van der Waals surface area (Å²) < 4.78 is 0. The van der Waals surface area contributed by atoms with Gasteiger partial charge in [-0.1, -0.05) is 58.4 Å². The van der Waals surface area contributed by atoms with E-state index in [0.717, 1.165) is 32.5 Å². The molecule has 1 aliphatic rings. The summed E-state index contributed by atoms with van der Waals surface area (Å²) >= 11 is 0. The number of nitrogens with two attached hydrogens (primary N) is 1. The summed E-state index contributed by atoms with van der Waals surface area (Å²) in [5, 5.41) is 0. The summed E-state index contributed by atoms with van der Waals surface area (Å²) in [7, 11) is 0. The average molecular weight is 428 g/mol. The van der Waals surface area contributed by atoms with E-state index in [2.05, 4.69) is 88.6 Å². The van der Waals surface area contributed by atoms with E-state index < -0.39 is 0 Å². The summed E-state index contributed by atoms with van der Waals surface area (Å²) in [5.41, 5.74) is 11.0. The van der Waals surface area contributed by atoms with Crippen LogP contribution in [0.3, 0.4) is 0 Å². The zero-order valence-electron chi connectivity index (χ0n) is 21.5. The van der Waals surface area contributed by atoms with Crippen LogP contribution in [0.15, 0.2) is 35.9 Å². The quantitative estimate of drug-likeness (QED) is 0.446. The number of hydrogen-bond donors (Lipinski definition) is 1. The Hall–Kier alpha value is -1.32. The lowest BCUT2D eigenvalue weighted by molar-refractivity contribution is 0.188. The van der Waals surface area contributed by atoms with Gasteiger partial charge in [-0.05, 0) is 81.5 Å². The van der Waals surface area contributed by atoms with Gasteiger partial charge in [0, 0.05) is 37.4 Å². The van der Waals surface area contributed by atoms with Gasteiger partial charge in [0.25, 0.3) is 0 Å². The first kappa shape index (κ1) is 25.9. The molecule has 0 aromatic heterocycles. The monoisotopic (exact) mass is 427 g/mol. The molecule has 2 rings (SSSR count). The minimum Gasteiger partial charge on any atom is -0.364 e. The number of nitrogens with zero attached hydrogens (tertiary/aromatic N) is 2. The van der Waals surface area contributed by atoms with E-state index >= 15 is 0 Å². The fourth-order valence-corrected chi connectivity index (χ4v) is 4.58. The average Bonchev–Trinajstić information content (AvgIpc) is 2.66. The highest BCUT2D eigenvalue weighted by Gasteiger charge is 2.26. The number of anilines is 1. The molecule has 1 aromatic rings. The zero-order valence-corrected chi connectivity index (χ0v) is 21.5. The summed E-state index contributed by atoms with van der Waals surface area (Å²) in [4.78, 5) is 5.23. The molecule has 0 bridgehead atoms. The van der Waals surface area contributed by atoms with Crippen molar-refractivity contribution in [3.05, 3.63) is 41.5 Å². The minimum absolute atomic E-state index is 0.284. The molecule has 0 amide bonds. The molecule has 1 aromatic carbocycles. The highest BCUT2D eigenvalue weighted by molar-refractivity contribution is 5.49. The van der Waals surface area contributed by atoms with E-state index in [9.17, 15) is 0 Å². The van der Waals surface area contributed by atoms with Crippen LogP contribution in [0.4, 0.5) is 5.69 Å². The van der Waals surface area contributed by atoms with Crippen LogP contribution >= 0.6 is 0 Å². The fourth-order valence-electron chi connectivity index (χ4n) is 4.58. The number of piperidine rings is 1. The van der Waals surface area contributed by atoms with Gasteiger partial charge < -0.3 is 10.6 Å². The van der Waals surface area contributed by atoms with Gasteiger partial charge in [-0.15, -0.1) is 0 Å². The standard InChI is InChI=1S/C28H49N3/c1-22(2)15-18-31(26-12-10-24(11-13-26)14-16-28(5,6)7)27-9-8-17-30(21-27)20-25(29)19-23(3)4/h10-13,15,23,25,27H,8-9,14,16-21,29H2,1-7H3. The van der Waals surface area contributed by atoms with Crippen LogP contribution in [-0.2, 0) is 6.42 Å². The molecule has 0 spiro atoms. The first-order chi connectivity index (χ1) is 14.5. The van der Waals surface area contributed by atoms with Crippen molar-refractivity contribution >= 4 is 5.69 Å². The van der Waals surface area contributed by atoms with Crippen LogP contribution in [0.1, 0.15) is 79.7 Å². The van der Waals surface area contributed by atoms with E-state index in [-0.39, 0.29) is 6.04 Å². The van der Waals surface area contributed by atoms with E-state index in [1.165, 1.54) is 42.6 Å². The summed E-state index contributed by atoms with van der Waals surface area (Å²) in [6.07, 6.45) is 8.38. The van der Waals surface area contributed by atoms with Crippen molar-refractivity contribution in [3.8, 4) is 0 Å². The number of allylic oxidation sites excluding steroid dienone is 1. The number of likely N-dealkylation sites (tertiary alicyclic amines) is 1. The summed E-state index contributed by atoms with van der Waals surface area (Å²) in [6, 6.07) is 10.2. The van der Waals surface area contributed by atoms with Crippen molar-refractivity contribution in [2.45, 2.75) is 92.7 Å². The molecule has 176 valence electrons. The zero-order chi connectivity index (χ0) is 23.0. The Morgan fingerprint density at radius 1 is 1.19 bits per heavy atom. The van der Waals surface area contributed by atoms with Gasteiger partial charge in [0.15, 0.2) is 0 Å². The van der Waals surface area contributed by atoms with Crippen molar-refractivity contribution in [1.82, 2.24) is 4.90 Å². The third-order valence-electron chi connectivity index (χ3n) is 6.32. The van der Waals surface area contributed by atoms with Crippen LogP contribution in [0.2, 0.25) is 0 Å². The van der Waals surface area contributed by atoms with E-state index in [4.69, 9.17) is 5.73 Å². The first-order valence-electron chi connectivity index (χ1n) is 12.5. The van der Waals surface area contributed by atoms with Crippen LogP contribution in [0, 0.1) is 11.3 Å². The molecule has 3 nitrogen and oxygen atoms in total. The van der Waals surface area contributed by atoms with Crippen LogP contribution in [0.5, 0.6) is 0 Å². The summed E-state index contributed by atoms with van der Waals surface area (Å²) in [6.45, 7) is 20.2. The smallest absolute Gasteiger partial charge is 0.0421 e.